The van der Waals surface area contributed by atoms with Crippen LogP contribution in [0.4, 0.5) is 0 Å². The van der Waals surface area contributed by atoms with E-state index in [0.29, 0.717) is 19.8 Å². The molecule has 2 N–H and O–H groups in total. The Balaban J connectivity index is 1.79. The third kappa shape index (κ3) is 2.19. The molecule has 96 valence electrons. The van der Waals surface area contributed by atoms with Crippen molar-refractivity contribution in [2.75, 3.05) is 13.2 Å². The average Bonchev–Trinajstić information content (AvgIpc) is 2.88. The first-order valence-electron chi connectivity index (χ1n) is 6.45. The molecule has 18 heavy (non-hydrogen) atoms. The second-order valence-corrected chi connectivity index (χ2v) is 4.76. The third-order valence-electron chi connectivity index (χ3n) is 3.59. The SMILES string of the molecule is NCc1cccc(C2=CCC3(CC2)OCCO3)n1. The van der Waals surface area contributed by atoms with Crippen LogP contribution < -0.4 is 5.73 Å². The molecule has 2 heterocycles. The van der Waals surface area contributed by atoms with Crippen molar-refractivity contribution in [3.05, 3.63) is 35.7 Å². The molecule has 1 spiro atoms. The van der Waals surface area contributed by atoms with Gasteiger partial charge in [0.2, 0.25) is 0 Å². The van der Waals surface area contributed by atoms with Crippen molar-refractivity contribution in [2.24, 2.45) is 5.73 Å². The molecule has 1 fully saturated rings. The Bertz CT molecular complexity index is 465. The van der Waals surface area contributed by atoms with Gasteiger partial charge in [-0.2, -0.15) is 0 Å². The molecule has 0 aromatic carbocycles. The van der Waals surface area contributed by atoms with E-state index < -0.39 is 0 Å². The number of hydrogen-bond donors (Lipinski definition) is 1. The first-order chi connectivity index (χ1) is 8.81. The van der Waals surface area contributed by atoms with Gasteiger partial charge in [-0.1, -0.05) is 12.1 Å². The molecule has 0 amide bonds. The van der Waals surface area contributed by atoms with E-state index in [0.717, 1.165) is 30.7 Å². The number of pyridine rings is 1. The van der Waals surface area contributed by atoms with E-state index in [1.54, 1.807) is 0 Å². The molecule has 1 aromatic rings. The molecule has 1 saturated heterocycles. The normalized spacial score (nSPS) is 22.2. The van der Waals surface area contributed by atoms with E-state index in [1.807, 2.05) is 18.2 Å². The van der Waals surface area contributed by atoms with Crippen molar-refractivity contribution >= 4 is 5.57 Å². The highest BCUT2D eigenvalue weighted by molar-refractivity contribution is 5.63. The van der Waals surface area contributed by atoms with Gasteiger partial charge in [-0.25, -0.2) is 0 Å². The highest BCUT2D eigenvalue weighted by Crippen LogP contribution is 2.37. The molecule has 1 aliphatic carbocycles. The van der Waals surface area contributed by atoms with Gasteiger partial charge in [-0.3, -0.25) is 4.98 Å². The molecular formula is C14H18N2O2. The monoisotopic (exact) mass is 246 g/mol. The number of ether oxygens (including phenoxy) is 2. The molecule has 1 aromatic heterocycles. The smallest absolute Gasteiger partial charge is 0.172 e. The van der Waals surface area contributed by atoms with Gasteiger partial charge in [0.15, 0.2) is 5.79 Å². The Morgan fingerprint density at radius 1 is 1.28 bits per heavy atom. The largest absolute Gasteiger partial charge is 0.347 e. The van der Waals surface area contributed by atoms with Crippen LogP contribution in [0, 0.1) is 0 Å². The van der Waals surface area contributed by atoms with Crippen LogP contribution in [0.2, 0.25) is 0 Å². The summed E-state index contributed by atoms with van der Waals surface area (Å²) < 4.78 is 11.4. The third-order valence-corrected chi connectivity index (χ3v) is 3.59. The fourth-order valence-electron chi connectivity index (χ4n) is 2.57. The second-order valence-electron chi connectivity index (χ2n) is 4.76. The van der Waals surface area contributed by atoms with Crippen LogP contribution in [0.15, 0.2) is 24.3 Å². The van der Waals surface area contributed by atoms with Gasteiger partial charge in [0.1, 0.15) is 0 Å². The Kier molecular flexibility index (Phi) is 3.16. The molecule has 3 rings (SSSR count). The lowest BCUT2D eigenvalue weighted by Crippen LogP contribution is -2.31. The molecule has 4 heteroatoms. The molecule has 0 atom stereocenters. The molecular weight excluding hydrogens is 228 g/mol. The standard InChI is InChI=1S/C14H18N2O2/c15-10-12-2-1-3-13(16-12)11-4-6-14(7-5-11)17-8-9-18-14/h1-4H,5-10,15H2. The summed E-state index contributed by atoms with van der Waals surface area (Å²) in [6.45, 7) is 1.91. The van der Waals surface area contributed by atoms with Crippen molar-refractivity contribution < 1.29 is 9.47 Å². The van der Waals surface area contributed by atoms with E-state index in [-0.39, 0.29) is 5.79 Å². The summed E-state index contributed by atoms with van der Waals surface area (Å²) in [5.74, 6) is -0.352. The first kappa shape index (κ1) is 11.8. The summed E-state index contributed by atoms with van der Waals surface area (Å²) in [5, 5.41) is 0. The summed E-state index contributed by atoms with van der Waals surface area (Å²) in [4.78, 5) is 4.56. The van der Waals surface area contributed by atoms with Crippen LogP contribution in [-0.4, -0.2) is 24.0 Å². The van der Waals surface area contributed by atoms with Gasteiger partial charge in [-0.15, -0.1) is 0 Å². The quantitative estimate of drug-likeness (QED) is 0.865. The van der Waals surface area contributed by atoms with E-state index in [9.17, 15) is 0 Å². The van der Waals surface area contributed by atoms with Gasteiger partial charge in [0.05, 0.1) is 24.6 Å². The van der Waals surface area contributed by atoms with Gasteiger partial charge in [0.25, 0.3) is 0 Å². The lowest BCUT2D eigenvalue weighted by Gasteiger charge is -2.30. The van der Waals surface area contributed by atoms with Crippen molar-refractivity contribution in [1.29, 1.82) is 0 Å². The highest BCUT2D eigenvalue weighted by Gasteiger charge is 2.37. The van der Waals surface area contributed by atoms with Crippen LogP contribution in [-0.2, 0) is 16.0 Å². The van der Waals surface area contributed by atoms with Crippen LogP contribution in [0.25, 0.3) is 5.57 Å². The lowest BCUT2D eigenvalue weighted by atomic mass is 9.92. The summed E-state index contributed by atoms with van der Waals surface area (Å²) in [6.07, 6.45) is 4.86. The maximum atomic E-state index is 5.70. The van der Waals surface area contributed by atoms with E-state index in [2.05, 4.69) is 11.1 Å². The van der Waals surface area contributed by atoms with Gasteiger partial charge >= 0.3 is 0 Å². The summed E-state index contributed by atoms with van der Waals surface area (Å²) >= 11 is 0. The molecule has 0 saturated carbocycles. The van der Waals surface area contributed by atoms with Crippen molar-refractivity contribution in [2.45, 2.75) is 31.6 Å². The zero-order valence-electron chi connectivity index (χ0n) is 10.4. The minimum atomic E-state index is -0.352. The van der Waals surface area contributed by atoms with E-state index >= 15 is 0 Å². The van der Waals surface area contributed by atoms with Gasteiger partial charge in [0, 0.05) is 19.4 Å². The molecule has 0 radical (unpaired) electrons. The minimum absolute atomic E-state index is 0.352. The number of aromatic nitrogens is 1. The maximum Gasteiger partial charge on any atom is 0.172 e. The Labute approximate surface area is 107 Å². The summed E-state index contributed by atoms with van der Waals surface area (Å²) in [6, 6.07) is 6.01. The maximum absolute atomic E-state index is 5.70. The number of nitrogens with zero attached hydrogens (tertiary/aromatic N) is 1. The van der Waals surface area contributed by atoms with Gasteiger partial charge in [-0.05, 0) is 24.1 Å². The fourth-order valence-corrected chi connectivity index (χ4v) is 2.57. The van der Waals surface area contributed by atoms with Crippen LogP contribution in [0.3, 0.4) is 0 Å². The number of rotatable bonds is 2. The number of nitrogens with two attached hydrogens (primary N) is 1. The molecule has 0 unspecified atom stereocenters. The van der Waals surface area contributed by atoms with Crippen molar-refractivity contribution in [3.63, 3.8) is 0 Å². The van der Waals surface area contributed by atoms with Crippen LogP contribution >= 0.6 is 0 Å². The van der Waals surface area contributed by atoms with Crippen LogP contribution in [0.5, 0.6) is 0 Å². The second kappa shape index (κ2) is 4.80. The molecule has 1 aliphatic heterocycles. The predicted octanol–water partition coefficient (Wildman–Crippen LogP) is 1.85. The topological polar surface area (TPSA) is 57.4 Å². The van der Waals surface area contributed by atoms with Gasteiger partial charge < -0.3 is 15.2 Å². The van der Waals surface area contributed by atoms with E-state index in [4.69, 9.17) is 15.2 Å². The molecule has 0 bridgehead atoms. The Morgan fingerprint density at radius 3 is 2.78 bits per heavy atom. The fraction of sp³-hybridized carbons (Fsp3) is 0.500. The first-order valence-corrected chi connectivity index (χ1v) is 6.45. The lowest BCUT2D eigenvalue weighted by molar-refractivity contribution is -0.159. The number of hydrogen-bond acceptors (Lipinski definition) is 4. The average molecular weight is 246 g/mol. The Morgan fingerprint density at radius 2 is 2.11 bits per heavy atom. The van der Waals surface area contributed by atoms with E-state index in [1.165, 1.54) is 5.57 Å². The zero-order chi connectivity index (χ0) is 12.4. The van der Waals surface area contributed by atoms with Crippen molar-refractivity contribution in [1.82, 2.24) is 4.98 Å². The minimum Gasteiger partial charge on any atom is -0.347 e. The highest BCUT2D eigenvalue weighted by atomic mass is 16.7. The predicted molar refractivity (Wildman–Crippen MR) is 68.6 cm³/mol. The Hall–Kier alpha value is -1.23. The molecule has 4 nitrogen and oxygen atoms in total. The summed E-state index contributed by atoms with van der Waals surface area (Å²) in [5.41, 5.74) is 8.86. The molecule has 2 aliphatic rings. The van der Waals surface area contributed by atoms with Crippen molar-refractivity contribution in [3.8, 4) is 0 Å². The summed E-state index contributed by atoms with van der Waals surface area (Å²) in [7, 11) is 0. The van der Waals surface area contributed by atoms with Crippen LogP contribution in [0.1, 0.15) is 30.7 Å². The zero-order valence-corrected chi connectivity index (χ0v) is 10.4. The number of allylic oxidation sites excluding steroid dienone is 1.